The van der Waals surface area contributed by atoms with E-state index in [0.29, 0.717) is 0 Å². The molecule has 0 amide bonds. The predicted molar refractivity (Wildman–Crippen MR) is 66.7 cm³/mol. The van der Waals surface area contributed by atoms with Crippen LogP contribution in [0.15, 0.2) is 17.0 Å². The van der Waals surface area contributed by atoms with Gasteiger partial charge in [-0.25, -0.2) is 0 Å². The number of esters is 1. The van der Waals surface area contributed by atoms with Crippen molar-refractivity contribution in [3.63, 3.8) is 0 Å². The summed E-state index contributed by atoms with van der Waals surface area (Å²) in [5.41, 5.74) is 1.46. The van der Waals surface area contributed by atoms with Crippen LogP contribution in [0.4, 0.5) is 13.2 Å². The minimum atomic E-state index is -4.50. The fraction of sp³-hybridized carbons (Fsp3) is 0.333. The number of halogens is 3. The van der Waals surface area contributed by atoms with Gasteiger partial charge in [0.1, 0.15) is 0 Å². The van der Waals surface area contributed by atoms with Gasteiger partial charge in [-0.3, -0.25) is 4.79 Å². The number of alkyl halides is 3. The van der Waals surface area contributed by atoms with Crippen LogP contribution >= 0.6 is 11.8 Å². The molecule has 2 N–H and O–H groups in total. The molecule has 1 aromatic rings. The molecule has 20 heavy (non-hydrogen) atoms. The summed E-state index contributed by atoms with van der Waals surface area (Å²) in [6.07, 6.45) is -0.232. The molecule has 8 heteroatoms. The van der Waals surface area contributed by atoms with Gasteiger partial charge in [0.25, 0.3) is 0 Å². The molecule has 0 saturated heterocycles. The molecule has 1 rings (SSSR count). The Bertz CT molecular complexity index is 553. The van der Waals surface area contributed by atoms with Gasteiger partial charge >= 0.3 is 11.5 Å². The Morgan fingerprint density at radius 1 is 1.50 bits per heavy atom. The van der Waals surface area contributed by atoms with Gasteiger partial charge < -0.3 is 10.5 Å². The normalized spacial score (nSPS) is 11.0. The lowest BCUT2D eigenvalue weighted by molar-refractivity contribution is -0.139. The molecule has 0 fully saturated rings. The third kappa shape index (κ3) is 4.43. The lowest BCUT2D eigenvalue weighted by Crippen LogP contribution is -2.12. The van der Waals surface area contributed by atoms with Crippen molar-refractivity contribution in [3.8, 4) is 6.07 Å². The predicted octanol–water partition coefficient (Wildman–Crippen LogP) is 2.34. The zero-order valence-electron chi connectivity index (χ0n) is 10.5. The molecule has 0 aliphatic carbocycles. The molecule has 0 saturated carbocycles. The average molecular weight is 304 g/mol. The molecule has 0 atom stereocenters. The molecule has 4 nitrogen and oxygen atoms in total. The van der Waals surface area contributed by atoms with Crippen molar-refractivity contribution >= 4 is 17.7 Å². The first-order chi connectivity index (χ1) is 9.30. The monoisotopic (exact) mass is 304 g/mol. The molecule has 0 bridgehead atoms. The zero-order chi connectivity index (χ0) is 15.3. The summed E-state index contributed by atoms with van der Waals surface area (Å²) in [7, 11) is 1.17. The Balaban J connectivity index is 3.32. The highest BCUT2D eigenvalue weighted by Crippen LogP contribution is 2.40. The summed E-state index contributed by atoms with van der Waals surface area (Å²) in [6.45, 7) is -0.170. The third-order valence-electron chi connectivity index (χ3n) is 2.42. The van der Waals surface area contributed by atoms with E-state index in [0.717, 1.165) is 6.07 Å². The van der Waals surface area contributed by atoms with Crippen molar-refractivity contribution < 1.29 is 22.7 Å². The number of hydrogen-bond donors (Lipinski definition) is 1. The van der Waals surface area contributed by atoms with E-state index >= 15 is 0 Å². The lowest BCUT2D eigenvalue weighted by atomic mass is 10.0. The molecule has 0 spiro atoms. The van der Waals surface area contributed by atoms with Crippen LogP contribution < -0.4 is 5.73 Å². The van der Waals surface area contributed by atoms with Gasteiger partial charge in [0.15, 0.2) is 0 Å². The molecule has 0 unspecified atom stereocenters. The van der Waals surface area contributed by atoms with Crippen molar-refractivity contribution in [1.82, 2.24) is 0 Å². The quantitative estimate of drug-likeness (QED) is 0.682. The van der Waals surface area contributed by atoms with Gasteiger partial charge in [-0.2, -0.15) is 18.4 Å². The average Bonchev–Trinajstić information content (AvgIpc) is 2.36. The van der Waals surface area contributed by atoms with Crippen LogP contribution in [-0.4, -0.2) is 18.6 Å². The van der Waals surface area contributed by atoms with Crippen LogP contribution in [0.5, 0.6) is 0 Å². The molecular formula is C12H11F3N2O2S. The number of nitrogens with zero attached hydrogens (tertiary/aromatic N) is 1. The highest BCUT2D eigenvalue weighted by Gasteiger charge is 2.31. The second-order valence-corrected chi connectivity index (χ2v) is 4.84. The summed E-state index contributed by atoms with van der Waals surface area (Å²) in [5.74, 6) is -0.613. The number of carbonyl (C=O) groups excluding carboxylic acids is 1. The first kappa shape index (κ1) is 16.3. The maximum Gasteiger partial charge on any atom is 0.446 e. The maximum atomic E-state index is 12.5. The second-order valence-electron chi connectivity index (χ2n) is 3.73. The van der Waals surface area contributed by atoms with Gasteiger partial charge in [-0.1, -0.05) is 0 Å². The van der Waals surface area contributed by atoms with Crippen LogP contribution in [0.2, 0.25) is 0 Å². The van der Waals surface area contributed by atoms with Crippen LogP contribution in [-0.2, 0) is 22.5 Å². The Hall–Kier alpha value is -1.72. The van der Waals surface area contributed by atoms with Crippen LogP contribution in [0.3, 0.4) is 0 Å². The van der Waals surface area contributed by atoms with Crippen molar-refractivity contribution in [2.24, 2.45) is 5.73 Å². The summed E-state index contributed by atoms with van der Waals surface area (Å²) >= 11 is -0.353. The van der Waals surface area contributed by atoms with Crippen molar-refractivity contribution in [1.29, 1.82) is 5.26 Å². The first-order valence-corrected chi connectivity index (χ1v) is 6.21. The standard InChI is InChI=1S/C12H11F3N2O2S/c1-19-11(18)4-8-2-7(5-16)3-10(9(8)6-17)20-12(13,14)15/h2-3H,4,6,17H2,1H3. The van der Waals surface area contributed by atoms with Gasteiger partial charge in [0.2, 0.25) is 0 Å². The summed E-state index contributed by atoms with van der Waals surface area (Å²) in [6, 6.07) is 4.22. The number of benzene rings is 1. The number of rotatable bonds is 4. The fourth-order valence-corrected chi connectivity index (χ4v) is 2.37. The summed E-state index contributed by atoms with van der Waals surface area (Å²) < 4.78 is 42.0. The van der Waals surface area contributed by atoms with E-state index in [1.54, 1.807) is 6.07 Å². The molecule has 0 aromatic heterocycles. The largest absolute Gasteiger partial charge is 0.469 e. The van der Waals surface area contributed by atoms with Gasteiger partial charge in [0.05, 0.1) is 25.2 Å². The van der Waals surface area contributed by atoms with E-state index in [1.807, 2.05) is 0 Å². The number of nitriles is 1. The minimum absolute atomic E-state index is 0.0350. The highest BCUT2D eigenvalue weighted by molar-refractivity contribution is 8.00. The molecule has 108 valence electrons. The molecule has 0 aliphatic heterocycles. The van der Waals surface area contributed by atoms with E-state index in [4.69, 9.17) is 11.0 Å². The maximum absolute atomic E-state index is 12.5. The van der Waals surface area contributed by atoms with E-state index in [2.05, 4.69) is 4.74 Å². The Kier molecular flexibility index (Phi) is 5.42. The molecule has 0 radical (unpaired) electrons. The topological polar surface area (TPSA) is 76.1 Å². The number of carbonyl (C=O) groups is 1. The van der Waals surface area contributed by atoms with Crippen molar-refractivity contribution in [2.75, 3.05) is 7.11 Å². The fourth-order valence-electron chi connectivity index (χ4n) is 1.60. The van der Waals surface area contributed by atoms with E-state index in [-0.39, 0.29) is 46.3 Å². The SMILES string of the molecule is COC(=O)Cc1cc(C#N)cc(SC(F)(F)F)c1CN. The molecular weight excluding hydrogens is 293 g/mol. The third-order valence-corrected chi connectivity index (χ3v) is 3.24. The van der Waals surface area contributed by atoms with Gasteiger partial charge in [0, 0.05) is 11.4 Å². The van der Waals surface area contributed by atoms with E-state index in [1.165, 1.54) is 13.2 Å². The van der Waals surface area contributed by atoms with Crippen LogP contribution in [0.25, 0.3) is 0 Å². The Morgan fingerprint density at radius 3 is 2.60 bits per heavy atom. The van der Waals surface area contributed by atoms with Crippen LogP contribution in [0.1, 0.15) is 16.7 Å². The second kappa shape index (κ2) is 6.63. The van der Waals surface area contributed by atoms with E-state index in [9.17, 15) is 18.0 Å². The number of ether oxygens (including phenoxy) is 1. The van der Waals surface area contributed by atoms with Crippen molar-refractivity contribution in [2.45, 2.75) is 23.4 Å². The van der Waals surface area contributed by atoms with Gasteiger partial charge in [-0.15, -0.1) is 0 Å². The number of thioether (sulfide) groups is 1. The number of nitrogens with two attached hydrogens (primary N) is 1. The number of methoxy groups -OCH3 is 1. The lowest BCUT2D eigenvalue weighted by Gasteiger charge is -2.14. The number of hydrogen-bond acceptors (Lipinski definition) is 5. The highest BCUT2D eigenvalue weighted by atomic mass is 32.2. The first-order valence-electron chi connectivity index (χ1n) is 5.39. The zero-order valence-corrected chi connectivity index (χ0v) is 11.3. The smallest absolute Gasteiger partial charge is 0.446 e. The van der Waals surface area contributed by atoms with Gasteiger partial charge in [-0.05, 0) is 35.0 Å². The summed E-state index contributed by atoms with van der Waals surface area (Å²) in [4.78, 5) is 11.1. The Morgan fingerprint density at radius 2 is 2.15 bits per heavy atom. The minimum Gasteiger partial charge on any atom is -0.469 e. The summed E-state index contributed by atoms with van der Waals surface area (Å²) in [5, 5.41) is 8.85. The van der Waals surface area contributed by atoms with Crippen LogP contribution in [0, 0.1) is 11.3 Å². The van der Waals surface area contributed by atoms with Crippen molar-refractivity contribution in [3.05, 3.63) is 28.8 Å². The molecule has 0 heterocycles. The van der Waals surface area contributed by atoms with E-state index < -0.39 is 11.5 Å². The molecule has 0 aliphatic rings. The molecule has 1 aromatic carbocycles. The Labute approximate surface area is 117 Å².